The number of rotatable bonds is 4. The number of nitrogens with zero attached hydrogens (tertiary/aromatic N) is 1. The summed E-state index contributed by atoms with van der Waals surface area (Å²) in [4.78, 5) is 16.5. The number of hydrogen-bond donors (Lipinski definition) is 0. The van der Waals surface area contributed by atoms with Gasteiger partial charge in [0.15, 0.2) is 5.69 Å². The van der Waals surface area contributed by atoms with E-state index in [1.54, 1.807) is 18.0 Å². The molecule has 0 fully saturated rings. The van der Waals surface area contributed by atoms with Gasteiger partial charge in [0, 0.05) is 16.8 Å². The van der Waals surface area contributed by atoms with Gasteiger partial charge >= 0.3 is 5.97 Å². The van der Waals surface area contributed by atoms with Gasteiger partial charge in [-0.15, -0.1) is 11.8 Å². The largest absolute Gasteiger partial charge is 0.464 e. The first-order valence-electron chi connectivity index (χ1n) is 5.51. The Balaban J connectivity index is 2.12. The van der Waals surface area contributed by atoms with E-state index in [1.165, 1.54) is 12.7 Å². The first-order chi connectivity index (χ1) is 8.81. The van der Waals surface area contributed by atoms with Gasteiger partial charge in [-0.05, 0) is 17.7 Å². The average molecular weight is 259 g/mol. The van der Waals surface area contributed by atoms with Crippen LogP contribution in [0.3, 0.4) is 0 Å². The van der Waals surface area contributed by atoms with Gasteiger partial charge in [-0.1, -0.05) is 30.3 Å². The fraction of sp³-hybridized carbons (Fsp3) is 0.143. The van der Waals surface area contributed by atoms with Crippen LogP contribution < -0.4 is 0 Å². The number of hydrogen-bond acceptors (Lipinski definition) is 4. The van der Waals surface area contributed by atoms with Crippen molar-refractivity contribution in [2.45, 2.75) is 10.6 Å². The number of carbonyl (C=O) groups excluding carboxylic acids is 1. The van der Waals surface area contributed by atoms with Crippen LogP contribution >= 0.6 is 11.8 Å². The van der Waals surface area contributed by atoms with Crippen LogP contribution in [0.2, 0.25) is 0 Å². The van der Waals surface area contributed by atoms with Crippen LogP contribution in [0.15, 0.2) is 53.6 Å². The highest BCUT2D eigenvalue weighted by Gasteiger charge is 2.13. The second kappa shape index (κ2) is 6.21. The summed E-state index contributed by atoms with van der Waals surface area (Å²) in [7, 11) is 1.36. The number of thioether (sulfide) groups is 1. The third kappa shape index (κ3) is 3.11. The van der Waals surface area contributed by atoms with Gasteiger partial charge in [-0.2, -0.15) is 0 Å². The molecule has 1 heterocycles. The zero-order chi connectivity index (χ0) is 12.8. The highest BCUT2D eigenvalue weighted by molar-refractivity contribution is 7.98. The highest BCUT2D eigenvalue weighted by atomic mass is 32.2. The lowest BCUT2D eigenvalue weighted by atomic mass is 10.2. The Kier molecular flexibility index (Phi) is 4.36. The van der Waals surface area contributed by atoms with Crippen LogP contribution in [-0.2, 0) is 10.5 Å². The summed E-state index contributed by atoms with van der Waals surface area (Å²) in [6, 6.07) is 13.8. The third-order valence-electron chi connectivity index (χ3n) is 2.39. The summed E-state index contributed by atoms with van der Waals surface area (Å²) in [6.45, 7) is 0. The lowest BCUT2D eigenvalue weighted by molar-refractivity contribution is 0.0589. The number of ether oxygens (including phenoxy) is 1. The number of methoxy groups -OCH3 is 1. The molecule has 0 bridgehead atoms. The predicted octanol–water partition coefficient (Wildman–Crippen LogP) is 3.16. The Bertz CT molecular complexity index is 528. The van der Waals surface area contributed by atoms with Crippen molar-refractivity contribution in [3.63, 3.8) is 0 Å². The van der Waals surface area contributed by atoms with Gasteiger partial charge in [0.1, 0.15) is 0 Å². The van der Waals surface area contributed by atoms with E-state index in [9.17, 15) is 4.79 Å². The second-order valence-corrected chi connectivity index (χ2v) is 4.63. The van der Waals surface area contributed by atoms with E-state index in [-0.39, 0.29) is 0 Å². The summed E-state index contributed by atoms with van der Waals surface area (Å²) in [5.74, 6) is 0.405. The molecule has 0 aliphatic heterocycles. The van der Waals surface area contributed by atoms with E-state index in [4.69, 9.17) is 4.74 Å². The minimum absolute atomic E-state index is 0.376. The zero-order valence-electron chi connectivity index (χ0n) is 10.00. The smallest absolute Gasteiger partial charge is 0.357 e. The van der Waals surface area contributed by atoms with Crippen LogP contribution in [0.25, 0.3) is 0 Å². The van der Waals surface area contributed by atoms with Crippen molar-refractivity contribution >= 4 is 17.7 Å². The molecule has 0 aliphatic rings. The van der Waals surface area contributed by atoms with E-state index in [1.807, 2.05) is 30.3 Å². The summed E-state index contributed by atoms with van der Waals surface area (Å²) in [6.07, 6.45) is 1.60. The fourth-order valence-electron chi connectivity index (χ4n) is 1.49. The number of carbonyl (C=O) groups is 1. The van der Waals surface area contributed by atoms with Gasteiger partial charge in [0.05, 0.1) is 7.11 Å². The maximum atomic E-state index is 11.5. The molecule has 3 nitrogen and oxygen atoms in total. The summed E-state index contributed by atoms with van der Waals surface area (Å²) in [5.41, 5.74) is 1.59. The van der Waals surface area contributed by atoms with Crippen molar-refractivity contribution in [3.05, 3.63) is 59.9 Å². The number of esters is 1. The standard InChI is InChI=1S/C14H13NO2S/c1-17-14(16)13-12(8-5-9-15-13)18-10-11-6-3-2-4-7-11/h2-9H,10H2,1H3. The lowest BCUT2D eigenvalue weighted by Crippen LogP contribution is -2.05. The molecule has 0 unspecified atom stereocenters. The summed E-state index contributed by atoms with van der Waals surface area (Å²) < 4.78 is 4.71. The molecule has 2 rings (SSSR count). The molecule has 0 aliphatic carbocycles. The minimum atomic E-state index is -0.397. The van der Waals surface area contributed by atoms with E-state index >= 15 is 0 Å². The minimum Gasteiger partial charge on any atom is -0.464 e. The molecule has 0 amide bonds. The van der Waals surface area contributed by atoms with Crippen molar-refractivity contribution in [2.75, 3.05) is 7.11 Å². The molecule has 4 heteroatoms. The topological polar surface area (TPSA) is 39.2 Å². The number of pyridine rings is 1. The van der Waals surface area contributed by atoms with E-state index in [0.29, 0.717) is 5.69 Å². The molecular formula is C14H13NO2S. The molecule has 1 aromatic carbocycles. The fourth-order valence-corrected chi connectivity index (χ4v) is 2.45. The molecule has 18 heavy (non-hydrogen) atoms. The van der Waals surface area contributed by atoms with Crippen molar-refractivity contribution < 1.29 is 9.53 Å². The van der Waals surface area contributed by atoms with Crippen molar-refractivity contribution in [1.82, 2.24) is 4.98 Å². The van der Waals surface area contributed by atoms with Gasteiger partial charge in [0.2, 0.25) is 0 Å². The Morgan fingerprint density at radius 3 is 2.72 bits per heavy atom. The molecule has 0 radical (unpaired) electrons. The first kappa shape index (κ1) is 12.6. The monoisotopic (exact) mass is 259 g/mol. The summed E-state index contributed by atoms with van der Waals surface area (Å²) >= 11 is 1.58. The van der Waals surface area contributed by atoms with Crippen molar-refractivity contribution in [2.24, 2.45) is 0 Å². The Morgan fingerprint density at radius 1 is 1.22 bits per heavy atom. The van der Waals surface area contributed by atoms with E-state index in [0.717, 1.165) is 10.6 Å². The quantitative estimate of drug-likeness (QED) is 0.624. The molecule has 1 aromatic heterocycles. The second-order valence-electron chi connectivity index (χ2n) is 3.62. The Labute approximate surface area is 110 Å². The van der Waals surface area contributed by atoms with Gasteiger partial charge in [-0.3, -0.25) is 0 Å². The molecule has 0 saturated carbocycles. The molecule has 92 valence electrons. The molecule has 0 saturated heterocycles. The Morgan fingerprint density at radius 2 is 2.00 bits per heavy atom. The highest BCUT2D eigenvalue weighted by Crippen LogP contribution is 2.25. The average Bonchev–Trinajstić information content (AvgIpc) is 2.45. The first-order valence-corrected chi connectivity index (χ1v) is 6.50. The predicted molar refractivity (Wildman–Crippen MR) is 71.6 cm³/mol. The maximum Gasteiger partial charge on any atom is 0.357 e. The molecule has 0 atom stereocenters. The zero-order valence-corrected chi connectivity index (χ0v) is 10.8. The Hall–Kier alpha value is -1.81. The van der Waals surface area contributed by atoms with Crippen molar-refractivity contribution in [3.8, 4) is 0 Å². The van der Waals surface area contributed by atoms with E-state index in [2.05, 4.69) is 17.1 Å². The normalized spacial score (nSPS) is 10.1. The van der Waals surface area contributed by atoms with Crippen LogP contribution in [0.5, 0.6) is 0 Å². The van der Waals surface area contributed by atoms with Gasteiger partial charge < -0.3 is 4.74 Å². The van der Waals surface area contributed by atoms with Crippen LogP contribution in [-0.4, -0.2) is 18.1 Å². The van der Waals surface area contributed by atoms with Crippen LogP contribution in [0.1, 0.15) is 16.1 Å². The third-order valence-corrected chi connectivity index (χ3v) is 3.50. The van der Waals surface area contributed by atoms with Crippen molar-refractivity contribution in [1.29, 1.82) is 0 Å². The summed E-state index contributed by atoms with van der Waals surface area (Å²) in [5, 5.41) is 0. The molecular weight excluding hydrogens is 246 g/mol. The van der Waals surface area contributed by atoms with Gasteiger partial charge in [0.25, 0.3) is 0 Å². The van der Waals surface area contributed by atoms with Crippen LogP contribution in [0.4, 0.5) is 0 Å². The molecule has 0 spiro atoms. The molecule has 2 aromatic rings. The maximum absolute atomic E-state index is 11.5. The number of aromatic nitrogens is 1. The van der Waals surface area contributed by atoms with Gasteiger partial charge in [-0.25, -0.2) is 9.78 Å². The molecule has 0 N–H and O–H groups in total. The number of benzene rings is 1. The van der Waals surface area contributed by atoms with E-state index < -0.39 is 5.97 Å². The SMILES string of the molecule is COC(=O)c1ncccc1SCc1ccccc1. The lowest BCUT2D eigenvalue weighted by Gasteiger charge is -2.06. The van der Waals surface area contributed by atoms with Crippen LogP contribution in [0, 0.1) is 0 Å².